The molecule has 0 bridgehead atoms. The standard InChI is InChI=1S/C13H18N2O3/c1-9-13(12(14)16,7-8-18-9)15-10-5-3-4-6-11(10)17-2/h3-6,9,15H,7-8H2,1-2H3,(H2,14,16). The van der Waals surface area contributed by atoms with Gasteiger partial charge in [-0.15, -0.1) is 0 Å². The fraction of sp³-hybridized carbons (Fsp3) is 0.462. The Morgan fingerprint density at radius 3 is 2.83 bits per heavy atom. The molecule has 5 nitrogen and oxygen atoms in total. The fourth-order valence-corrected chi connectivity index (χ4v) is 2.28. The van der Waals surface area contributed by atoms with E-state index in [1.807, 2.05) is 31.2 Å². The fourth-order valence-electron chi connectivity index (χ4n) is 2.28. The lowest BCUT2D eigenvalue weighted by molar-refractivity contribution is -0.123. The van der Waals surface area contributed by atoms with Gasteiger partial charge in [0.25, 0.3) is 0 Å². The molecule has 1 amide bonds. The lowest BCUT2D eigenvalue weighted by atomic mass is 9.90. The minimum absolute atomic E-state index is 0.264. The predicted molar refractivity (Wildman–Crippen MR) is 68.6 cm³/mol. The first-order chi connectivity index (χ1) is 8.60. The molecule has 1 aliphatic rings. The summed E-state index contributed by atoms with van der Waals surface area (Å²) in [6.45, 7) is 2.37. The van der Waals surface area contributed by atoms with Crippen LogP contribution in [0.4, 0.5) is 5.69 Å². The molecule has 5 heteroatoms. The van der Waals surface area contributed by atoms with Crippen molar-refractivity contribution in [1.82, 2.24) is 0 Å². The Labute approximate surface area is 106 Å². The van der Waals surface area contributed by atoms with Crippen LogP contribution < -0.4 is 15.8 Å². The Balaban J connectivity index is 2.32. The molecule has 0 aliphatic carbocycles. The van der Waals surface area contributed by atoms with Crippen molar-refractivity contribution < 1.29 is 14.3 Å². The monoisotopic (exact) mass is 250 g/mol. The molecule has 1 aromatic carbocycles. The van der Waals surface area contributed by atoms with Crippen molar-refractivity contribution >= 4 is 11.6 Å². The highest BCUT2D eigenvalue weighted by Gasteiger charge is 2.47. The van der Waals surface area contributed by atoms with E-state index in [9.17, 15) is 4.79 Å². The largest absolute Gasteiger partial charge is 0.495 e. The summed E-state index contributed by atoms with van der Waals surface area (Å²) in [6, 6.07) is 7.43. The molecule has 98 valence electrons. The smallest absolute Gasteiger partial charge is 0.245 e. The Kier molecular flexibility index (Phi) is 3.43. The quantitative estimate of drug-likeness (QED) is 0.840. The van der Waals surface area contributed by atoms with Crippen molar-refractivity contribution in [3.05, 3.63) is 24.3 Å². The second kappa shape index (κ2) is 4.86. The van der Waals surface area contributed by atoms with Crippen LogP contribution in [0.25, 0.3) is 0 Å². The first kappa shape index (κ1) is 12.7. The van der Waals surface area contributed by atoms with E-state index in [2.05, 4.69) is 5.32 Å². The second-order valence-corrected chi connectivity index (χ2v) is 4.42. The molecular formula is C13H18N2O3. The van der Waals surface area contributed by atoms with Crippen LogP contribution in [-0.4, -0.2) is 31.3 Å². The van der Waals surface area contributed by atoms with Gasteiger partial charge in [0.1, 0.15) is 11.3 Å². The third-order valence-corrected chi connectivity index (χ3v) is 3.46. The molecule has 1 aliphatic heterocycles. The summed E-state index contributed by atoms with van der Waals surface area (Å²) in [6.07, 6.45) is 0.293. The molecule has 2 rings (SSSR count). The van der Waals surface area contributed by atoms with E-state index in [1.165, 1.54) is 0 Å². The molecule has 18 heavy (non-hydrogen) atoms. The van der Waals surface area contributed by atoms with Crippen LogP contribution >= 0.6 is 0 Å². The maximum Gasteiger partial charge on any atom is 0.245 e. The van der Waals surface area contributed by atoms with Gasteiger partial charge in [0.2, 0.25) is 5.91 Å². The van der Waals surface area contributed by atoms with E-state index in [1.54, 1.807) is 7.11 Å². The molecule has 2 unspecified atom stereocenters. The van der Waals surface area contributed by atoms with Crippen LogP contribution in [0.5, 0.6) is 5.75 Å². The van der Waals surface area contributed by atoms with E-state index in [0.717, 1.165) is 5.69 Å². The number of primary amides is 1. The Hall–Kier alpha value is -1.75. The molecular weight excluding hydrogens is 232 g/mol. The number of para-hydroxylation sites is 2. The lowest BCUT2D eigenvalue weighted by Gasteiger charge is -2.31. The van der Waals surface area contributed by atoms with Gasteiger partial charge in [-0.05, 0) is 19.1 Å². The molecule has 0 radical (unpaired) electrons. The van der Waals surface area contributed by atoms with Gasteiger partial charge >= 0.3 is 0 Å². The number of hydrogen-bond donors (Lipinski definition) is 2. The number of rotatable bonds is 4. The minimum atomic E-state index is -0.866. The van der Waals surface area contributed by atoms with Gasteiger partial charge < -0.3 is 20.5 Å². The van der Waals surface area contributed by atoms with E-state index < -0.39 is 11.4 Å². The van der Waals surface area contributed by atoms with Gasteiger partial charge in [-0.2, -0.15) is 0 Å². The molecule has 1 fully saturated rings. The van der Waals surface area contributed by atoms with E-state index in [0.29, 0.717) is 18.8 Å². The zero-order chi connectivity index (χ0) is 13.2. The first-order valence-corrected chi connectivity index (χ1v) is 5.93. The van der Waals surface area contributed by atoms with E-state index in [4.69, 9.17) is 15.2 Å². The van der Waals surface area contributed by atoms with Crippen LogP contribution in [0.15, 0.2) is 24.3 Å². The average Bonchev–Trinajstić information content (AvgIpc) is 2.73. The van der Waals surface area contributed by atoms with Gasteiger partial charge in [0, 0.05) is 13.0 Å². The summed E-state index contributed by atoms with van der Waals surface area (Å²) >= 11 is 0. The van der Waals surface area contributed by atoms with Crippen molar-refractivity contribution in [3.8, 4) is 5.75 Å². The number of nitrogens with two attached hydrogens (primary N) is 1. The highest BCUT2D eigenvalue weighted by molar-refractivity contribution is 5.89. The van der Waals surface area contributed by atoms with Crippen molar-refractivity contribution in [2.45, 2.75) is 25.0 Å². The summed E-state index contributed by atoms with van der Waals surface area (Å²) in [5, 5.41) is 3.20. The molecule has 3 N–H and O–H groups in total. The molecule has 0 saturated carbocycles. The Bertz CT molecular complexity index is 450. The maximum atomic E-state index is 11.8. The highest BCUT2D eigenvalue weighted by Crippen LogP contribution is 2.33. The topological polar surface area (TPSA) is 73.6 Å². The molecule has 0 aromatic heterocycles. The highest BCUT2D eigenvalue weighted by atomic mass is 16.5. The van der Waals surface area contributed by atoms with Gasteiger partial charge in [-0.25, -0.2) is 0 Å². The van der Waals surface area contributed by atoms with Crippen molar-refractivity contribution in [2.24, 2.45) is 5.73 Å². The summed E-state index contributed by atoms with van der Waals surface area (Å²) < 4.78 is 10.7. The van der Waals surface area contributed by atoms with Crippen molar-refractivity contribution in [1.29, 1.82) is 0 Å². The predicted octanol–water partition coefficient (Wildman–Crippen LogP) is 1.14. The van der Waals surface area contributed by atoms with Crippen LogP contribution in [0.2, 0.25) is 0 Å². The number of anilines is 1. The summed E-state index contributed by atoms with van der Waals surface area (Å²) in [5.41, 5.74) is 5.42. The average molecular weight is 250 g/mol. The van der Waals surface area contributed by atoms with E-state index in [-0.39, 0.29) is 6.10 Å². The molecule has 1 aromatic rings. The van der Waals surface area contributed by atoms with Crippen molar-refractivity contribution in [3.63, 3.8) is 0 Å². The first-order valence-electron chi connectivity index (χ1n) is 5.93. The lowest BCUT2D eigenvalue weighted by Crippen LogP contribution is -2.55. The normalized spacial score (nSPS) is 26.9. The van der Waals surface area contributed by atoms with Crippen molar-refractivity contribution in [2.75, 3.05) is 19.0 Å². The van der Waals surface area contributed by atoms with Crippen LogP contribution in [-0.2, 0) is 9.53 Å². The number of nitrogens with one attached hydrogen (secondary N) is 1. The van der Waals surface area contributed by atoms with E-state index >= 15 is 0 Å². The zero-order valence-corrected chi connectivity index (χ0v) is 10.6. The summed E-state index contributed by atoms with van der Waals surface area (Å²) in [7, 11) is 1.59. The zero-order valence-electron chi connectivity index (χ0n) is 10.6. The number of carbonyl (C=O) groups excluding carboxylic acids is 1. The third-order valence-electron chi connectivity index (χ3n) is 3.46. The maximum absolute atomic E-state index is 11.8. The van der Waals surface area contributed by atoms with Crippen LogP contribution in [0.3, 0.4) is 0 Å². The Morgan fingerprint density at radius 1 is 1.56 bits per heavy atom. The summed E-state index contributed by atoms with van der Waals surface area (Å²) in [5.74, 6) is 0.274. The number of methoxy groups -OCH3 is 1. The number of hydrogen-bond acceptors (Lipinski definition) is 4. The molecule has 2 atom stereocenters. The third kappa shape index (κ3) is 2.01. The minimum Gasteiger partial charge on any atom is -0.495 e. The number of carbonyl (C=O) groups is 1. The van der Waals surface area contributed by atoms with Gasteiger partial charge in [0.15, 0.2) is 0 Å². The molecule has 1 heterocycles. The Morgan fingerprint density at radius 2 is 2.28 bits per heavy atom. The SMILES string of the molecule is COc1ccccc1NC1(C(N)=O)CCOC1C. The molecule has 1 saturated heterocycles. The number of benzene rings is 1. The van der Waals surface area contributed by atoms with Gasteiger partial charge in [-0.3, -0.25) is 4.79 Å². The molecule has 0 spiro atoms. The second-order valence-electron chi connectivity index (χ2n) is 4.42. The van der Waals surface area contributed by atoms with Crippen LogP contribution in [0.1, 0.15) is 13.3 Å². The van der Waals surface area contributed by atoms with Gasteiger partial charge in [-0.1, -0.05) is 12.1 Å². The number of ether oxygens (including phenoxy) is 2. The number of amides is 1. The van der Waals surface area contributed by atoms with Gasteiger partial charge in [0.05, 0.1) is 18.9 Å². The van der Waals surface area contributed by atoms with Crippen LogP contribution in [0, 0.1) is 0 Å². The summed E-state index contributed by atoms with van der Waals surface area (Å²) in [4.78, 5) is 11.8.